The smallest absolute Gasteiger partial charge is 0.264 e. The molecular weight excluding hydrogens is 580 g/mol. The Morgan fingerprint density at radius 3 is 2.63 bits per heavy atom. The maximum atomic E-state index is 14.3. The minimum atomic E-state index is -0.544. The lowest BCUT2D eigenvalue weighted by atomic mass is 10.0. The van der Waals surface area contributed by atoms with Crippen LogP contribution in [-0.4, -0.2) is 48.2 Å². The lowest BCUT2D eigenvalue weighted by molar-refractivity contribution is -0.106. The quantitative estimate of drug-likeness (QED) is 0.219. The topological polar surface area (TPSA) is 128 Å². The number of aryl methyl sites for hydroxylation is 1. The Hall–Kier alpha value is -6.02. The van der Waals surface area contributed by atoms with Gasteiger partial charge < -0.3 is 15.4 Å². The van der Waals surface area contributed by atoms with Gasteiger partial charge in [0.05, 0.1) is 28.9 Å². The van der Waals surface area contributed by atoms with Crippen LogP contribution in [0.15, 0.2) is 84.0 Å². The summed E-state index contributed by atoms with van der Waals surface area (Å²) in [6, 6.07) is 18.3. The maximum absolute atomic E-state index is 14.3. The Balaban J connectivity index is 0.00000119. The average molecular weight is 613 g/mol. The first-order valence-electron chi connectivity index (χ1n) is 15.0. The van der Waals surface area contributed by atoms with Gasteiger partial charge in [-0.25, -0.2) is 9.50 Å². The van der Waals surface area contributed by atoms with E-state index in [2.05, 4.69) is 37.7 Å². The molecule has 7 rings (SSSR count). The molecule has 1 atom stereocenters. The molecular formula is C35H32N8O3. The zero-order valence-electron chi connectivity index (χ0n) is 25.7. The van der Waals surface area contributed by atoms with Crippen LogP contribution in [0, 0.1) is 11.8 Å². The van der Waals surface area contributed by atoms with E-state index in [1.165, 1.54) is 6.92 Å². The van der Waals surface area contributed by atoms with Crippen molar-refractivity contribution >= 4 is 34.4 Å². The van der Waals surface area contributed by atoms with Crippen LogP contribution in [-0.2, 0) is 17.8 Å². The van der Waals surface area contributed by atoms with Crippen molar-refractivity contribution in [1.82, 2.24) is 34.3 Å². The van der Waals surface area contributed by atoms with Crippen LogP contribution in [0.4, 0.5) is 5.82 Å². The third kappa shape index (κ3) is 5.52. The predicted octanol–water partition coefficient (Wildman–Crippen LogP) is 4.31. The molecule has 1 aliphatic rings. The van der Waals surface area contributed by atoms with Gasteiger partial charge in [-0.3, -0.25) is 18.8 Å². The van der Waals surface area contributed by atoms with Crippen molar-refractivity contribution in [1.29, 1.82) is 0 Å². The largest absolute Gasteiger partial charge is 0.371 e. The lowest BCUT2D eigenvalue weighted by Gasteiger charge is -2.21. The van der Waals surface area contributed by atoms with Crippen LogP contribution in [0.3, 0.4) is 0 Å². The van der Waals surface area contributed by atoms with E-state index in [1.54, 1.807) is 40.8 Å². The molecule has 0 fully saturated rings. The van der Waals surface area contributed by atoms with Crippen molar-refractivity contribution in [3.8, 4) is 17.5 Å². The zero-order valence-corrected chi connectivity index (χ0v) is 25.7. The number of hydrogen-bond acceptors (Lipinski definition) is 7. The molecule has 0 saturated carbocycles. The standard InChI is InChI=1S/C33H28N8O2.C2H4O/c1-21(37-32(42)29-30(34-2)38-40-18-8-16-35-31(29)40)27-19-23-10-6-9-22(14-15-24-20-36-39-17-7-13-26(24)39)28(23)33(43)41(27)25-11-4-3-5-12-25;1-2-3/h3-6,8-12,16,18-21H,7,13,17H2,1-2H3,(H,34,38)(H,37,42);2H,1H3. The van der Waals surface area contributed by atoms with Gasteiger partial charge in [-0.2, -0.15) is 5.10 Å². The van der Waals surface area contributed by atoms with Crippen LogP contribution in [0.25, 0.3) is 22.1 Å². The van der Waals surface area contributed by atoms with Crippen LogP contribution in [0.2, 0.25) is 0 Å². The van der Waals surface area contributed by atoms with Crippen LogP contribution in [0.1, 0.15) is 59.2 Å². The van der Waals surface area contributed by atoms with E-state index in [0.717, 1.165) is 42.3 Å². The summed E-state index contributed by atoms with van der Waals surface area (Å²) in [5.41, 5.74) is 4.56. The summed E-state index contributed by atoms with van der Waals surface area (Å²) in [7, 11) is 1.71. The molecule has 0 spiro atoms. The fraction of sp³-hybridized carbons (Fsp3) is 0.200. The number of hydrogen-bond donors (Lipinski definition) is 2. The molecule has 5 heterocycles. The predicted molar refractivity (Wildman–Crippen MR) is 176 cm³/mol. The first kappa shape index (κ1) is 30.0. The van der Waals surface area contributed by atoms with E-state index in [1.807, 2.05) is 66.2 Å². The minimum absolute atomic E-state index is 0.210. The van der Waals surface area contributed by atoms with Gasteiger partial charge in [0.15, 0.2) is 11.5 Å². The number of carbonyl (C=O) groups excluding carboxylic acids is 2. The average Bonchev–Trinajstić information content (AvgIpc) is 3.79. The van der Waals surface area contributed by atoms with Gasteiger partial charge >= 0.3 is 0 Å². The number of para-hydroxylation sites is 1. The highest BCUT2D eigenvalue weighted by Gasteiger charge is 2.24. The molecule has 1 unspecified atom stereocenters. The summed E-state index contributed by atoms with van der Waals surface area (Å²) in [6.45, 7) is 4.22. The molecule has 11 nitrogen and oxygen atoms in total. The van der Waals surface area contributed by atoms with Gasteiger partial charge in [-0.05, 0) is 62.4 Å². The van der Waals surface area contributed by atoms with Gasteiger partial charge in [0.25, 0.3) is 11.5 Å². The number of nitrogens with one attached hydrogen (secondary N) is 2. The van der Waals surface area contributed by atoms with E-state index in [4.69, 9.17) is 4.79 Å². The van der Waals surface area contributed by atoms with E-state index in [9.17, 15) is 9.59 Å². The highest BCUT2D eigenvalue weighted by molar-refractivity contribution is 6.04. The van der Waals surface area contributed by atoms with Gasteiger partial charge in [0, 0.05) is 42.9 Å². The van der Waals surface area contributed by atoms with Crippen LogP contribution >= 0.6 is 0 Å². The number of anilines is 1. The summed E-state index contributed by atoms with van der Waals surface area (Å²) >= 11 is 0. The summed E-state index contributed by atoms with van der Waals surface area (Å²) in [5, 5.41) is 16.2. The van der Waals surface area contributed by atoms with Crippen LogP contribution < -0.4 is 16.2 Å². The maximum Gasteiger partial charge on any atom is 0.264 e. The molecule has 230 valence electrons. The number of aromatic nitrogens is 6. The van der Waals surface area contributed by atoms with Crippen molar-refractivity contribution in [2.24, 2.45) is 0 Å². The fourth-order valence-electron chi connectivity index (χ4n) is 5.76. The van der Waals surface area contributed by atoms with Crippen molar-refractivity contribution in [2.45, 2.75) is 39.3 Å². The molecule has 1 aliphatic heterocycles. The van der Waals surface area contributed by atoms with Crippen LogP contribution in [0.5, 0.6) is 0 Å². The molecule has 4 aromatic heterocycles. The molecule has 0 aliphatic carbocycles. The summed E-state index contributed by atoms with van der Waals surface area (Å²) < 4.78 is 5.21. The van der Waals surface area contributed by atoms with E-state index < -0.39 is 6.04 Å². The molecule has 1 amide bonds. The summed E-state index contributed by atoms with van der Waals surface area (Å²) in [4.78, 5) is 41.2. The molecule has 11 heteroatoms. The van der Waals surface area contributed by atoms with Gasteiger partial charge in [0.2, 0.25) is 0 Å². The van der Waals surface area contributed by atoms with E-state index in [0.29, 0.717) is 39.4 Å². The molecule has 0 saturated heterocycles. The summed E-state index contributed by atoms with van der Waals surface area (Å²) in [6.07, 6.45) is 7.93. The Morgan fingerprint density at radius 1 is 1.07 bits per heavy atom. The van der Waals surface area contributed by atoms with Crippen molar-refractivity contribution in [3.05, 3.63) is 118 Å². The van der Waals surface area contributed by atoms with Gasteiger partial charge in [0.1, 0.15) is 11.8 Å². The number of fused-ring (bicyclic) bond motifs is 3. The molecule has 46 heavy (non-hydrogen) atoms. The number of carbonyl (C=O) groups is 2. The number of nitrogens with zero attached hydrogens (tertiary/aromatic N) is 6. The van der Waals surface area contributed by atoms with Gasteiger partial charge in [-0.1, -0.05) is 42.2 Å². The monoisotopic (exact) mass is 612 g/mol. The second-order valence-corrected chi connectivity index (χ2v) is 10.7. The first-order valence-corrected chi connectivity index (χ1v) is 15.0. The Labute approximate surface area is 264 Å². The molecule has 2 aromatic carbocycles. The normalized spacial score (nSPS) is 12.4. The molecule has 2 N–H and O–H groups in total. The van der Waals surface area contributed by atoms with E-state index in [-0.39, 0.29) is 11.5 Å². The molecule has 0 radical (unpaired) electrons. The Kier molecular flexibility index (Phi) is 8.43. The minimum Gasteiger partial charge on any atom is -0.371 e. The Bertz CT molecular complexity index is 2200. The number of rotatable bonds is 5. The highest BCUT2D eigenvalue weighted by Crippen LogP contribution is 2.25. The molecule has 6 aromatic rings. The van der Waals surface area contributed by atoms with E-state index >= 15 is 0 Å². The van der Waals surface area contributed by atoms with Gasteiger partial charge in [-0.15, -0.1) is 5.10 Å². The SMILES string of the molecule is CC=O.CNc1nn2cccnc2c1C(=O)NC(C)c1cc2cccc(C#Cc3cnn4c3CCC4)c2c(=O)n1-c1ccccc1. The number of benzene rings is 2. The molecule has 0 bridgehead atoms. The number of pyridine rings is 1. The third-order valence-electron chi connectivity index (χ3n) is 7.80. The van der Waals surface area contributed by atoms with Crippen molar-refractivity contribution < 1.29 is 9.59 Å². The van der Waals surface area contributed by atoms with Crippen molar-refractivity contribution in [3.63, 3.8) is 0 Å². The fourth-order valence-corrected chi connectivity index (χ4v) is 5.76. The first-order chi connectivity index (χ1) is 22.4. The third-order valence-corrected chi connectivity index (χ3v) is 7.80. The van der Waals surface area contributed by atoms with Crippen molar-refractivity contribution in [2.75, 3.05) is 12.4 Å². The second-order valence-electron chi connectivity index (χ2n) is 10.7. The Morgan fingerprint density at radius 2 is 1.85 bits per heavy atom. The highest BCUT2D eigenvalue weighted by atomic mass is 16.2. The second kappa shape index (κ2) is 12.9. The zero-order chi connectivity index (χ0) is 32.2. The summed E-state index contributed by atoms with van der Waals surface area (Å²) in [5.74, 6) is 6.58. The number of amides is 1. The number of aldehydes is 1. The lowest BCUT2D eigenvalue weighted by Crippen LogP contribution is -2.32.